The van der Waals surface area contributed by atoms with Gasteiger partial charge in [-0.05, 0) is 18.1 Å². The maximum absolute atomic E-state index is 13.5. The highest BCUT2D eigenvalue weighted by atomic mass is 35.5. The van der Waals surface area contributed by atoms with E-state index in [4.69, 9.17) is 16.7 Å². The Morgan fingerprint density at radius 3 is 2.62 bits per heavy atom. The summed E-state index contributed by atoms with van der Waals surface area (Å²) in [6, 6.07) is 3.59. The average Bonchev–Trinajstić information content (AvgIpc) is 2.19. The molecule has 5 heteroatoms. The number of carboxylic acids is 1. The van der Waals surface area contributed by atoms with Gasteiger partial charge in [-0.2, -0.15) is 0 Å². The number of halogens is 2. The average molecular weight is 246 g/mol. The first-order chi connectivity index (χ1) is 7.43. The molecular weight excluding hydrogens is 233 g/mol. The topological polar surface area (TPSA) is 49.3 Å². The Bertz CT molecular complexity index is 396. The van der Waals surface area contributed by atoms with E-state index in [0.29, 0.717) is 0 Å². The van der Waals surface area contributed by atoms with Gasteiger partial charge in [-0.25, -0.2) is 9.18 Å². The summed E-state index contributed by atoms with van der Waals surface area (Å²) in [6.45, 7) is 3.49. The molecule has 1 unspecified atom stereocenters. The first-order valence-corrected chi connectivity index (χ1v) is 5.24. The molecule has 1 rings (SSSR count). The summed E-state index contributed by atoms with van der Waals surface area (Å²) in [6.07, 6.45) is 0. The molecular formula is C11H13ClFNO2. The SMILES string of the molecule is CC(C)C(Nc1cccc(Cl)c1F)C(=O)O. The van der Waals surface area contributed by atoms with Crippen molar-refractivity contribution in [2.75, 3.05) is 5.32 Å². The third kappa shape index (κ3) is 2.85. The minimum absolute atomic E-state index is 0.0297. The van der Waals surface area contributed by atoms with E-state index in [2.05, 4.69) is 5.32 Å². The van der Waals surface area contributed by atoms with Gasteiger partial charge in [0.05, 0.1) is 10.7 Å². The van der Waals surface area contributed by atoms with Gasteiger partial charge in [0.1, 0.15) is 6.04 Å². The number of nitrogens with one attached hydrogen (secondary N) is 1. The van der Waals surface area contributed by atoms with Crippen molar-refractivity contribution in [3.63, 3.8) is 0 Å². The van der Waals surface area contributed by atoms with Crippen LogP contribution in [0.2, 0.25) is 5.02 Å². The third-order valence-corrected chi connectivity index (χ3v) is 2.49. The van der Waals surface area contributed by atoms with Gasteiger partial charge < -0.3 is 10.4 Å². The van der Waals surface area contributed by atoms with E-state index in [0.717, 1.165) is 0 Å². The quantitative estimate of drug-likeness (QED) is 0.857. The maximum atomic E-state index is 13.5. The predicted octanol–water partition coefficient (Wildman–Crippen LogP) is 3.00. The summed E-state index contributed by atoms with van der Waals surface area (Å²) in [7, 11) is 0. The molecule has 3 nitrogen and oxygen atoms in total. The molecule has 1 aromatic carbocycles. The summed E-state index contributed by atoms with van der Waals surface area (Å²) in [4.78, 5) is 10.9. The molecule has 2 N–H and O–H groups in total. The molecule has 0 bridgehead atoms. The van der Waals surface area contributed by atoms with Crippen LogP contribution in [0.25, 0.3) is 0 Å². The highest BCUT2D eigenvalue weighted by molar-refractivity contribution is 6.31. The highest BCUT2D eigenvalue weighted by Crippen LogP contribution is 2.23. The Kier molecular flexibility index (Phi) is 4.12. The Balaban J connectivity index is 2.94. The van der Waals surface area contributed by atoms with Crippen LogP contribution in [0, 0.1) is 11.7 Å². The largest absolute Gasteiger partial charge is 0.480 e. The lowest BCUT2D eigenvalue weighted by atomic mass is 10.0. The zero-order chi connectivity index (χ0) is 12.3. The fourth-order valence-corrected chi connectivity index (χ4v) is 1.47. The first kappa shape index (κ1) is 12.8. The van der Waals surface area contributed by atoms with Crippen LogP contribution in [-0.2, 0) is 4.79 Å². The Morgan fingerprint density at radius 2 is 2.12 bits per heavy atom. The first-order valence-electron chi connectivity index (χ1n) is 4.87. The lowest BCUT2D eigenvalue weighted by Crippen LogP contribution is -2.34. The zero-order valence-electron chi connectivity index (χ0n) is 9.00. The van der Waals surface area contributed by atoms with Crippen LogP contribution in [0.1, 0.15) is 13.8 Å². The van der Waals surface area contributed by atoms with Crippen molar-refractivity contribution in [2.45, 2.75) is 19.9 Å². The smallest absolute Gasteiger partial charge is 0.326 e. The summed E-state index contributed by atoms with van der Waals surface area (Å²) >= 11 is 5.59. The predicted molar refractivity (Wildman–Crippen MR) is 61.3 cm³/mol. The summed E-state index contributed by atoms with van der Waals surface area (Å²) < 4.78 is 13.5. The highest BCUT2D eigenvalue weighted by Gasteiger charge is 2.22. The third-order valence-electron chi connectivity index (χ3n) is 2.20. The number of rotatable bonds is 4. The number of carboxylic acid groups (broad SMARTS) is 1. The van der Waals surface area contributed by atoms with Crippen LogP contribution >= 0.6 is 11.6 Å². The lowest BCUT2D eigenvalue weighted by molar-refractivity contribution is -0.138. The van der Waals surface area contributed by atoms with Gasteiger partial charge in [0.2, 0.25) is 0 Å². The van der Waals surface area contributed by atoms with Crippen LogP contribution in [0.15, 0.2) is 18.2 Å². The molecule has 0 spiro atoms. The number of aliphatic carboxylic acids is 1. The molecule has 0 aliphatic carbocycles. The molecule has 0 aliphatic heterocycles. The fourth-order valence-electron chi connectivity index (χ4n) is 1.30. The van der Waals surface area contributed by atoms with Crippen LogP contribution in [-0.4, -0.2) is 17.1 Å². The summed E-state index contributed by atoms with van der Waals surface area (Å²) in [5.41, 5.74) is 0.105. The van der Waals surface area contributed by atoms with Gasteiger partial charge in [0.15, 0.2) is 5.82 Å². The van der Waals surface area contributed by atoms with Crippen molar-refractivity contribution in [3.8, 4) is 0 Å². The molecule has 0 radical (unpaired) electrons. The van der Waals surface area contributed by atoms with Gasteiger partial charge in [-0.15, -0.1) is 0 Å². The normalized spacial score (nSPS) is 12.6. The number of benzene rings is 1. The molecule has 1 atom stereocenters. The summed E-state index contributed by atoms with van der Waals surface area (Å²) in [5, 5.41) is 11.5. The van der Waals surface area contributed by atoms with E-state index in [9.17, 15) is 9.18 Å². The van der Waals surface area contributed by atoms with Gasteiger partial charge >= 0.3 is 5.97 Å². The fraction of sp³-hybridized carbons (Fsp3) is 0.364. The van der Waals surface area contributed by atoms with E-state index in [1.807, 2.05) is 0 Å². The van der Waals surface area contributed by atoms with Crippen LogP contribution < -0.4 is 5.32 Å². The monoisotopic (exact) mass is 245 g/mol. The Morgan fingerprint density at radius 1 is 1.50 bits per heavy atom. The molecule has 0 saturated carbocycles. The standard InChI is InChI=1S/C11H13ClFNO2/c1-6(2)10(11(15)16)14-8-5-3-4-7(12)9(8)13/h3-6,10,14H,1-2H3,(H,15,16). The molecule has 0 aromatic heterocycles. The van der Waals surface area contributed by atoms with E-state index in [1.54, 1.807) is 19.9 Å². The van der Waals surface area contributed by atoms with E-state index >= 15 is 0 Å². The van der Waals surface area contributed by atoms with Crippen molar-refractivity contribution >= 4 is 23.3 Å². The molecule has 0 aliphatic rings. The lowest BCUT2D eigenvalue weighted by Gasteiger charge is -2.19. The second-order valence-corrected chi connectivity index (χ2v) is 4.21. The minimum atomic E-state index is -1.02. The molecule has 88 valence electrons. The van der Waals surface area contributed by atoms with Gasteiger partial charge in [0, 0.05) is 0 Å². The van der Waals surface area contributed by atoms with Crippen LogP contribution in [0.4, 0.5) is 10.1 Å². The van der Waals surface area contributed by atoms with Crippen LogP contribution in [0.3, 0.4) is 0 Å². The van der Waals surface area contributed by atoms with Gasteiger partial charge in [-0.1, -0.05) is 31.5 Å². The van der Waals surface area contributed by atoms with Crippen molar-refractivity contribution in [3.05, 3.63) is 29.0 Å². The van der Waals surface area contributed by atoms with E-state index < -0.39 is 17.8 Å². The molecule has 0 heterocycles. The molecule has 1 aromatic rings. The number of hydrogen-bond donors (Lipinski definition) is 2. The van der Waals surface area contributed by atoms with Gasteiger partial charge in [0.25, 0.3) is 0 Å². The molecule has 16 heavy (non-hydrogen) atoms. The molecule has 0 saturated heterocycles. The zero-order valence-corrected chi connectivity index (χ0v) is 9.75. The number of anilines is 1. The van der Waals surface area contributed by atoms with Crippen molar-refractivity contribution in [2.24, 2.45) is 5.92 Å². The minimum Gasteiger partial charge on any atom is -0.480 e. The maximum Gasteiger partial charge on any atom is 0.326 e. The Hall–Kier alpha value is -1.29. The van der Waals surface area contributed by atoms with E-state index in [-0.39, 0.29) is 16.6 Å². The molecule has 0 fully saturated rings. The number of carbonyl (C=O) groups is 1. The van der Waals surface area contributed by atoms with Crippen molar-refractivity contribution in [1.82, 2.24) is 0 Å². The summed E-state index contributed by atoms with van der Waals surface area (Å²) in [5.74, 6) is -1.80. The second-order valence-electron chi connectivity index (χ2n) is 3.81. The molecule has 0 amide bonds. The second kappa shape index (κ2) is 5.16. The van der Waals surface area contributed by atoms with Gasteiger partial charge in [-0.3, -0.25) is 0 Å². The van der Waals surface area contributed by atoms with Crippen molar-refractivity contribution < 1.29 is 14.3 Å². The van der Waals surface area contributed by atoms with Crippen molar-refractivity contribution in [1.29, 1.82) is 0 Å². The number of hydrogen-bond acceptors (Lipinski definition) is 2. The Labute approximate surface area is 98.2 Å². The van der Waals surface area contributed by atoms with E-state index in [1.165, 1.54) is 12.1 Å². The van der Waals surface area contributed by atoms with Crippen LogP contribution in [0.5, 0.6) is 0 Å².